The first kappa shape index (κ1) is 6.55. The van der Waals surface area contributed by atoms with Crippen LogP contribution in [0, 0.1) is 5.92 Å². The van der Waals surface area contributed by atoms with E-state index in [-0.39, 0.29) is 17.9 Å². The molecule has 1 saturated carbocycles. The van der Waals surface area contributed by atoms with Crippen molar-refractivity contribution in [3.05, 3.63) is 0 Å². The van der Waals surface area contributed by atoms with Crippen molar-refractivity contribution >= 4 is 5.91 Å². The van der Waals surface area contributed by atoms with E-state index in [0.29, 0.717) is 6.42 Å². The first-order valence-electron chi connectivity index (χ1n) is 3.17. The van der Waals surface area contributed by atoms with E-state index in [0.717, 1.165) is 12.8 Å². The Kier molecular flexibility index (Phi) is 1.71. The highest BCUT2D eigenvalue weighted by Crippen LogP contribution is 2.24. The molecular weight excluding hydrogens is 118 g/mol. The first-order chi connectivity index (χ1) is 4.20. The molecule has 1 aliphatic rings. The largest absolute Gasteiger partial charge is 0.393 e. The van der Waals surface area contributed by atoms with Crippen LogP contribution in [0.2, 0.25) is 0 Å². The van der Waals surface area contributed by atoms with Crippen LogP contribution in [0.1, 0.15) is 19.3 Å². The Hall–Kier alpha value is -0.570. The van der Waals surface area contributed by atoms with E-state index in [4.69, 9.17) is 10.8 Å². The van der Waals surface area contributed by atoms with Crippen molar-refractivity contribution in [2.24, 2.45) is 11.7 Å². The van der Waals surface area contributed by atoms with Crippen molar-refractivity contribution in [2.45, 2.75) is 25.4 Å². The van der Waals surface area contributed by atoms with E-state index in [9.17, 15) is 4.79 Å². The fraction of sp³-hybridized carbons (Fsp3) is 0.833. The molecule has 2 atom stereocenters. The van der Waals surface area contributed by atoms with Gasteiger partial charge < -0.3 is 10.8 Å². The summed E-state index contributed by atoms with van der Waals surface area (Å²) < 4.78 is 0. The summed E-state index contributed by atoms with van der Waals surface area (Å²) in [4.78, 5) is 10.5. The summed E-state index contributed by atoms with van der Waals surface area (Å²) in [5.41, 5.74) is 5.01. The number of carbonyl (C=O) groups excluding carboxylic acids is 1. The zero-order valence-corrected chi connectivity index (χ0v) is 5.21. The predicted octanol–water partition coefficient (Wildman–Crippen LogP) is -0.367. The number of rotatable bonds is 1. The number of nitrogens with two attached hydrogens (primary N) is 1. The Bertz CT molecular complexity index is 124. The van der Waals surface area contributed by atoms with Crippen LogP contribution in [0.25, 0.3) is 0 Å². The van der Waals surface area contributed by atoms with Crippen molar-refractivity contribution < 1.29 is 9.90 Å². The fourth-order valence-corrected chi connectivity index (χ4v) is 1.22. The summed E-state index contributed by atoms with van der Waals surface area (Å²) in [6.45, 7) is 0. The minimum atomic E-state index is -0.289. The molecule has 9 heavy (non-hydrogen) atoms. The Balaban J connectivity index is 2.39. The van der Waals surface area contributed by atoms with E-state index < -0.39 is 0 Å². The van der Waals surface area contributed by atoms with Crippen LogP contribution in [0.3, 0.4) is 0 Å². The molecule has 0 spiro atoms. The average molecular weight is 129 g/mol. The molecule has 0 saturated heterocycles. The summed E-state index contributed by atoms with van der Waals surface area (Å²) in [5.74, 6) is -0.341. The number of hydrogen-bond donors (Lipinski definition) is 2. The van der Waals surface area contributed by atoms with Crippen LogP contribution in [-0.2, 0) is 4.79 Å². The number of hydrogen-bond acceptors (Lipinski definition) is 2. The number of amides is 1. The monoisotopic (exact) mass is 129 g/mol. The van der Waals surface area contributed by atoms with Crippen LogP contribution in [-0.4, -0.2) is 17.1 Å². The lowest BCUT2D eigenvalue weighted by molar-refractivity contribution is -0.121. The SMILES string of the molecule is NC(=O)[C@H]1CC[C@@H](O)C1. The summed E-state index contributed by atoms with van der Waals surface area (Å²) in [5, 5.41) is 8.94. The maximum atomic E-state index is 10.5. The van der Waals surface area contributed by atoms with E-state index in [2.05, 4.69) is 0 Å². The fourth-order valence-electron chi connectivity index (χ4n) is 1.22. The highest BCUT2D eigenvalue weighted by Gasteiger charge is 2.26. The zero-order valence-electron chi connectivity index (χ0n) is 5.21. The van der Waals surface area contributed by atoms with E-state index in [1.165, 1.54) is 0 Å². The van der Waals surface area contributed by atoms with Gasteiger partial charge in [-0.25, -0.2) is 0 Å². The maximum absolute atomic E-state index is 10.5. The molecule has 0 bridgehead atoms. The molecule has 1 rings (SSSR count). The molecule has 52 valence electrons. The van der Waals surface area contributed by atoms with Crippen LogP contribution < -0.4 is 5.73 Å². The first-order valence-corrected chi connectivity index (χ1v) is 3.17. The third-order valence-corrected chi connectivity index (χ3v) is 1.81. The molecule has 0 unspecified atom stereocenters. The average Bonchev–Trinajstić information content (AvgIpc) is 2.14. The van der Waals surface area contributed by atoms with Gasteiger partial charge in [0, 0.05) is 5.92 Å². The van der Waals surface area contributed by atoms with E-state index in [1.807, 2.05) is 0 Å². The van der Waals surface area contributed by atoms with Gasteiger partial charge in [-0.1, -0.05) is 0 Å². The van der Waals surface area contributed by atoms with Crippen LogP contribution in [0.4, 0.5) is 0 Å². The number of aliphatic hydroxyl groups excluding tert-OH is 1. The molecule has 0 aromatic rings. The molecule has 0 aliphatic heterocycles. The van der Waals surface area contributed by atoms with Gasteiger partial charge in [0.2, 0.25) is 5.91 Å². The second kappa shape index (κ2) is 2.35. The molecule has 3 N–H and O–H groups in total. The lowest BCUT2D eigenvalue weighted by Gasteiger charge is -2.00. The molecule has 1 aliphatic carbocycles. The molecular formula is C6H11NO2. The highest BCUT2D eigenvalue weighted by molar-refractivity contribution is 5.76. The smallest absolute Gasteiger partial charge is 0.220 e. The minimum absolute atomic E-state index is 0.0694. The van der Waals surface area contributed by atoms with Crippen molar-refractivity contribution in [2.75, 3.05) is 0 Å². The Morgan fingerprint density at radius 2 is 2.22 bits per heavy atom. The molecule has 1 fully saturated rings. The summed E-state index contributed by atoms with van der Waals surface area (Å²) in [6, 6.07) is 0. The van der Waals surface area contributed by atoms with E-state index >= 15 is 0 Å². The summed E-state index contributed by atoms with van der Waals surface area (Å²) >= 11 is 0. The van der Waals surface area contributed by atoms with Crippen molar-refractivity contribution in [3.63, 3.8) is 0 Å². The second-order valence-corrected chi connectivity index (χ2v) is 2.57. The maximum Gasteiger partial charge on any atom is 0.220 e. The zero-order chi connectivity index (χ0) is 6.85. The molecule has 1 amide bonds. The molecule has 3 nitrogen and oxygen atoms in total. The lowest BCUT2D eigenvalue weighted by Crippen LogP contribution is -2.21. The topological polar surface area (TPSA) is 63.3 Å². The summed E-state index contributed by atoms with van der Waals surface area (Å²) in [6.07, 6.45) is 1.77. The van der Waals surface area contributed by atoms with Gasteiger partial charge in [0.25, 0.3) is 0 Å². The van der Waals surface area contributed by atoms with Crippen molar-refractivity contribution in [3.8, 4) is 0 Å². The van der Waals surface area contributed by atoms with E-state index in [1.54, 1.807) is 0 Å². The normalized spacial score (nSPS) is 34.8. The second-order valence-electron chi connectivity index (χ2n) is 2.57. The molecule has 3 heteroatoms. The lowest BCUT2D eigenvalue weighted by atomic mass is 10.1. The van der Waals surface area contributed by atoms with Gasteiger partial charge in [-0.2, -0.15) is 0 Å². The van der Waals surface area contributed by atoms with Gasteiger partial charge in [0.15, 0.2) is 0 Å². The third kappa shape index (κ3) is 1.42. The van der Waals surface area contributed by atoms with Gasteiger partial charge in [-0.15, -0.1) is 0 Å². The van der Waals surface area contributed by atoms with Crippen LogP contribution >= 0.6 is 0 Å². The number of primary amides is 1. The van der Waals surface area contributed by atoms with Gasteiger partial charge >= 0.3 is 0 Å². The van der Waals surface area contributed by atoms with Crippen LogP contribution in [0.15, 0.2) is 0 Å². The highest BCUT2D eigenvalue weighted by atomic mass is 16.3. The number of carbonyl (C=O) groups is 1. The molecule has 0 aromatic carbocycles. The quantitative estimate of drug-likeness (QED) is 0.507. The van der Waals surface area contributed by atoms with Gasteiger partial charge in [0.05, 0.1) is 6.10 Å². The molecule has 0 radical (unpaired) electrons. The van der Waals surface area contributed by atoms with Gasteiger partial charge in [-0.3, -0.25) is 4.79 Å². The third-order valence-electron chi connectivity index (χ3n) is 1.81. The van der Waals surface area contributed by atoms with Gasteiger partial charge in [0.1, 0.15) is 0 Å². The summed E-state index contributed by atoms with van der Waals surface area (Å²) in [7, 11) is 0. The Morgan fingerprint density at radius 3 is 2.44 bits per heavy atom. The number of aliphatic hydroxyl groups is 1. The molecule has 0 heterocycles. The standard InChI is InChI=1S/C6H11NO2/c7-6(9)4-1-2-5(8)3-4/h4-5,8H,1-3H2,(H2,7,9)/t4-,5+/m0/s1. The van der Waals surface area contributed by atoms with Gasteiger partial charge in [-0.05, 0) is 19.3 Å². The predicted molar refractivity (Wildman–Crippen MR) is 32.5 cm³/mol. The van der Waals surface area contributed by atoms with Crippen molar-refractivity contribution in [1.82, 2.24) is 0 Å². The Morgan fingerprint density at radius 1 is 1.56 bits per heavy atom. The Labute approximate surface area is 53.9 Å². The molecule has 0 aromatic heterocycles. The van der Waals surface area contributed by atoms with Crippen LogP contribution in [0.5, 0.6) is 0 Å². The van der Waals surface area contributed by atoms with Crippen molar-refractivity contribution in [1.29, 1.82) is 0 Å². The minimum Gasteiger partial charge on any atom is -0.393 e.